The van der Waals surface area contributed by atoms with Crippen LogP contribution in [-0.2, 0) is 21.4 Å². The predicted molar refractivity (Wildman–Crippen MR) is 73.0 cm³/mol. The summed E-state index contributed by atoms with van der Waals surface area (Å²) >= 11 is 0. The molecule has 1 amide bonds. The van der Waals surface area contributed by atoms with Gasteiger partial charge in [-0.3, -0.25) is 4.79 Å². The van der Waals surface area contributed by atoms with Gasteiger partial charge in [0, 0.05) is 37.3 Å². The number of hydrogen-bond acceptors (Lipinski definition) is 4. The maximum absolute atomic E-state index is 11.8. The molecule has 0 aromatic carbocycles. The van der Waals surface area contributed by atoms with Crippen LogP contribution < -0.4 is 5.14 Å². The number of fused-ring (bicyclic) bond motifs is 1. The van der Waals surface area contributed by atoms with Crippen LogP contribution in [0, 0.1) is 0 Å². The second-order valence-corrected chi connectivity index (χ2v) is 6.79. The van der Waals surface area contributed by atoms with Crippen LogP contribution in [0.3, 0.4) is 0 Å². The minimum atomic E-state index is -3.67. The summed E-state index contributed by atoms with van der Waals surface area (Å²) in [5.41, 5.74) is 1.64. The zero-order valence-electron chi connectivity index (χ0n) is 10.6. The molecular weight excluding hydrogens is 280 g/mol. The Kier molecular flexibility index (Phi) is 2.98. The summed E-state index contributed by atoms with van der Waals surface area (Å²) in [6.45, 7) is 0.488. The summed E-state index contributed by atoms with van der Waals surface area (Å²) < 4.78 is 22.6. The predicted octanol–water partition coefficient (Wildman–Crippen LogP) is -0.0477. The zero-order chi connectivity index (χ0) is 14.3. The maximum Gasteiger partial charge on any atom is 0.224 e. The van der Waals surface area contributed by atoms with Crippen LogP contribution in [0.4, 0.5) is 0 Å². The average Bonchev–Trinajstić information content (AvgIpc) is 2.95. The number of nitrogens with zero attached hydrogens (tertiary/aromatic N) is 2. The van der Waals surface area contributed by atoms with E-state index >= 15 is 0 Å². The molecule has 0 bridgehead atoms. The van der Waals surface area contributed by atoms with Crippen molar-refractivity contribution in [3.63, 3.8) is 0 Å². The number of nitrogens with one attached hydrogen (secondary N) is 1. The Morgan fingerprint density at radius 2 is 2.30 bits per heavy atom. The lowest BCUT2D eigenvalue weighted by Gasteiger charge is -2.16. The Bertz CT molecular complexity index is 768. The van der Waals surface area contributed by atoms with Gasteiger partial charge in [0.1, 0.15) is 10.9 Å². The van der Waals surface area contributed by atoms with E-state index in [1.54, 1.807) is 12.4 Å². The third-order valence-corrected chi connectivity index (χ3v) is 4.72. The number of primary sulfonamides is 1. The van der Waals surface area contributed by atoms with Crippen molar-refractivity contribution in [2.45, 2.75) is 18.2 Å². The quantitative estimate of drug-likeness (QED) is 0.827. The average molecular weight is 294 g/mol. The number of pyridine rings is 1. The van der Waals surface area contributed by atoms with Crippen LogP contribution in [0.5, 0.6) is 0 Å². The molecule has 1 atom stereocenters. The highest BCUT2D eigenvalue weighted by atomic mass is 32.2. The molecule has 0 saturated carbocycles. The van der Waals surface area contributed by atoms with Crippen LogP contribution in [0.15, 0.2) is 24.5 Å². The van der Waals surface area contributed by atoms with Gasteiger partial charge in [0.05, 0.1) is 0 Å². The molecule has 2 aromatic rings. The number of H-pyrrole nitrogens is 1. The van der Waals surface area contributed by atoms with Crippen LogP contribution in [0.25, 0.3) is 11.0 Å². The van der Waals surface area contributed by atoms with E-state index in [-0.39, 0.29) is 18.9 Å². The van der Waals surface area contributed by atoms with Crippen LogP contribution in [0.2, 0.25) is 0 Å². The van der Waals surface area contributed by atoms with E-state index in [0.29, 0.717) is 6.54 Å². The molecule has 2 aromatic heterocycles. The van der Waals surface area contributed by atoms with Crippen molar-refractivity contribution in [1.29, 1.82) is 0 Å². The molecule has 1 aliphatic rings. The van der Waals surface area contributed by atoms with Gasteiger partial charge >= 0.3 is 0 Å². The molecular formula is C12H14N4O3S. The van der Waals surface area contributed by atoms with Crippen molar-refractivity contribution in [1.82, 2.24) is 14.9 Å². The monoisotopic (exact) mass is 294 g/mol. The number of hydrogen-bond donors (Lipinski definition) is 2. The molecule has 1 aliphatic heterocycles. The Morgan fingerprint density at radius 3 is 3.00 bits per heavy atom. The van der Waals surface area contributed by atoms with E-state index < -0.39 is 15.3 Å². The number of sulfonamides is 1. The van der Waals surface area contributed by atoms with Gasteiger partial charge in [-0.15, -0.1) is 0 Å². The first-order valence-electron chi connectivity index (χ1n) is 6.15. The molecule has 3 N–H and O–H groups in total. The SMILES string of the molecule is NS(=O)(=O)C1CC(=O)N(Cc2cnc3[nH]ccc3c2)C1. The van der Waals surface area contributed by atoms with Crippen molar-refractivity contribution < 1.29 is 13.2 Å². The largest absolute Gasteiger partial charge is 0.346 e. The van der Waals surface area contributed by atoms with Gasteiger partial charge in [0.2, 0.25) is 15.9 Å². The molecule has 1 saturated heterocycles. The summed E-state index contributed by atoms with van der Waals surface area (Å²) in [5, 5.41) is 5.25. The van der Waals surface area contributed by atoms with Gasteiger partial charge in [-0.05, 0) is 17.7 Å². The summed E-state index contributed by atoms with van der Waals surface area (Å²) in [5.74, 6) is -0.196. The van der Waals surface area contributed by atoms with E-state index in [9.17, 15) is 13.2 Å². The molecule has 0 radical (unpaired) electrons. The second-order valence-electron chi connectivity index (χ2n) is 4.95. The highest BCUT2D eigenvalue weighted by molar-refractivity contribution is 7.89. The highest BCUT2D eigenvalue weighted by Crippen LogP contribution is 2.20. The van der Waals surface area contributed by atoms with Gasteiger partial charge in [-0.2, -0.15) is 0 Å². The van der Waals surface area contributed by atoms with Gasteiger partial charge in [-0.1, -0.05) is 0 Å². The lowest BCUT2D eigenvalue weighted by atomic mass is 10.2. The smallest absolute Gasteiger partial charge is 0.224 e. The van der Waals surface area contributed by atoms with E-state index in [4.69, 9.17) is 5.14 Å². The topological polar surface area (TPSA) is 109 Å². The van der Waals surface area contributed by atoms with Crippen molar-refractivity contribution in [2.24, 2.45) is 5.14 Å². The molecule has 1 unspecified atom stereocenters. The summed E-state index contributed by atoms with van der Waals surface area (Å²) in [6, 6.07) is 3.82. The fourth-order valence-corrected chi connectivity index (χ4v) is 3.16. The molecule has 1 fully saturated rings. The fourth-order valence-electron chi connectivity index (χ4n) is 2.40. The number of rotatable bonds is 3. The molecule has 0 spiro atoms. The van der Waals surface area contributed by atoms with Gasteiger partial charge in [-0.25, -0.2) is 18.5 Å². The van der Waals surface area contributed by atoms with Crippen molar-refractivity contribution in [3.8, 4) is 0 Å². The van der Waals surface area contributed by atoms with E-state index in [1.807, 2.05) is 12.1 Å². The fraction of sp³-hybridized carbons (Fsp3) is 0.333. The van der Waals surface area contributed by atoms with E-state index in [2.05, 4.69) is 9.97 Å². The number of amides is 1. The molecule has 20 heavy (non-hydrogen) atoms. The summed E-state index contributed by atoms with van der Waals surface area (Å²) in [7, 11) is -3.67. The third kappa shape index (κ3) is 2.39. The number of likely N-dealkylation sites (tertiary alicyclic amines) is 1. The molecule has 0 aliphatic carbocycles. The first-order chi connectivity index (χ1) is 9.43. The Morgan fingerprint density at radius 1 is 1.50 bits per heavy atom. The first-order valence-corrected chi connectivity index (χ1v) is 7.76. The van der Waals surface area contributed by atoms with Crippen molar-refractivity contribution in [2.75, 3.05) is 6.54 Å². The molecule has 8 heteroatoms. The number of aromatic amines is 1. The van der Waals surface area contributed by atoms with Gasteiger partial charge in [0.25, 0.3) is 0 Å². The van der Waals surface area contributed by atoms with Gasteiger partial charge in [0.15, 0.2) is 0 Å². The highest BCUT2D eigenvalue weighted by Gasteiger charge is 2.36. The van der Waals surface area contributed by atoms with E-state index in [0.717, 1.165) is 16.6 Å². The number of aromatic nitrogens is 2. The lowest BCUT2D eigenvalue weighted by Crippen LogP contribution is -2.31. The van der Waals surface area contributed by atoms with Crippen molar-refractivity contribution >= 4 is 27.0 Å². The van der Waals surface area contributed by atoms with E-state index in [1.165, 1.54) is 4.90 Å². The zero-order valence-corrected chi connectivity index (χ0v) is 11.4. The number of nitrogens with two attached hydrogens (primary N) is 1. The third-order valence-electron chi connectivity index (χ3n) is 3.47. The molecule has 3 rings (SSSR count). The molecule has 7 nitrogen and oxygen atoms in total. The molecule has 106 valence electrons. The first kappa shape index (κ1) is 13.1. The molecule has 3 heterocycles. The van der Waals surface area contributed by atoms with Gasteiger partial charge < -0.3 is 9.88 Å². The minimum absolute atomic E-state index is 0.0430. The van der Waals surface area contributed by atoms with Crippen LogP contribution >= 0.6 is 0 Å². The van der Waals surface area contributed by atoms with Crippen LogP contribution in [0.1, 0.15) is 12.0 Å². The Balaban J connectivity index is 1.79. The second kappa shape index (κ2) is 4.57. The normalized spacial score (nSPS) is 19.9. The Labute approximate surface area is 115 Å². The Hall–Kier alpha value is -1.93. The lowest BCUT2D eigenvalue weighted by molar-refractivity contribution is -0.128. The number of carbonyl (C=O) groups excluding carboxylic acids is 1. The van der Waals surface area contributed by atoms with Crippen molar-refractivity contribution in [3.05, 3.63) is 30.1 Å². The summed E-state index contributed by atoms with van der Waals surface area (Å²) in [6.07, 6.45) is 3.43. The number of carbonyl (C=O) groups is 1. The van der Waals surface area contributed by atoms with Crippen LogP contribution in [-0.4, -0.2) is 41.0 Å². The maximum atomic E-state index is 11.8. The summed E-state index contributed by atoms with van der Waals surface area (Å²) in [4.78, 5) is 20.6. The standard InChI is InChI=1S/C12H14N4O3S/c13-20(18,19)10-4-11(17)16(7-10)6-8-3-9-1-2-14-12(9)15-5-8/h1-3,5,10H,4,6-7H2,(H,14,15)(H2,13,18,19). The minimum Gasteiger partial charge on any atom is -0.346 e.